The lowest BCUT2D eigenvalue weighted by Gasteiger charge is -2.29. The van der Waals surface area contributed by atoms with Crippen LogP contribution in [0.25, 0.3) is 22.2 Å². The summed E-state index contributed by atoms with van der Waals surface area (Å²) in [5.41, 5.74) is 6.60. The Kier molecular flexibility index (Phi) is 6.27. The second-order valence-corrected chi connectivity index (χ2v) is 9.08. The predicted octanol–water partition coefficient (Wildman–Crippen LogP) is 6.54. The number of anilines is 2. The van der Waals surface area contributed by atoms with Gasteiger partial charge < -0.3 is 15.0 Å². The minimum Gasteiger partial charge on any atom is -0.497 e. The molecule has 1 saturated heterocycles. The van der Waals surface area contributed by atoms with Crippen LogP contribution in [0.1, 0.15) is 18.4 Å². The molecule has 0 unspecified atom stereocenters. The highest BCUT2D eigenvalue weighted by Crippen LogP contribution is 2.32. The summed E-state index contributed by atoms with van der Waals surface area (Å²) in [4.78, 5) is 7.35. The van der Waals surface area contributed by atoms with Gasteiger partial charge in [0.2, 0.25) is 0 Å². The van der Waals surface area contributed by atoms with Crippen molar-refractivity contribution in [3.8, 4) is 17.0 Å². The Morgan fingerprint density at radius 1 is 0.939 bits per heavy atom. The molecule has 0 bridgehead atoms. The molecule has 2 heterocycles. The zero-order valence-corrected chi connectivity index (χ0v) is 19.4. The largest absolute Gasteiger partial charge is 0.497 e. The van der Waals surface area contributed by atoms with Crippen LogP contribution >= 0.6 is 0 Å². The third-order valence-electron chi connectivity index (χ3n) is 6.67. The van der Waals surface area contributed by atoms with Gasteiger partial charge in [-0.05, 0) is 99.4 Å². The highest BCUT2D eigenvalue weighted by atomic mass is 16.5. The van der Waals surface area contributed by atoms with Gasteiger partial charge in [0.25, 0.3) is 0 Å². The molecular formula is C29H31N3O. The number of piperidine rings is 1. The minimum absolute atomic E-state index is 0.778. The summed E-state index contributed by atoms with van der Waals surface area (Å²) in [5, 5.41) is 4.81. The van der Waals surface area contributed by atoms with Crippen LogP contribution in [0.15, 0.2) is 78.9 Å². The molecule has 3 aromatic carbocycles. The van der Waals surface area contributed by atoms with Gasteiger partial charge in [0.15, 0.2) is 0 Å². The fourth-order valence-corrected chi connectivity index (χ4v) is 4.72. The molecule has 0 amide bonds. The molecule has 1 N–H and O–H groups in total. The number of nitrogens with one attached hydrogen (secondary N) is 1. The number of benzene rings is 3. The molecule has 1 fully saturated rings. The Balaban J connectivity index is 1.43. The number of hydrogen-bond donors (Lipinski definition) is 1. The summed E-state index contributed by atoms with van der Waals surface area (Å²) in [6.45, 7) is 2.42. The molecule has 0 radical (unpaired) electrons. The van der Waals surface area contributed by atoms with E-state index in [0.29, 0.717) is 0 Å². The van der Waals surface area contributed by atoms with Crippen LogP contribution in [0.5, 0.6) is 5.75 Å². The van der Waals surface area contributed by atoms with Crippen molar-refractivity contribution in [2.45, 2.75) is 19.3 Å². The summed E-state index contributed by atoms with van der Waals surface area (Å²) in [5.74, 6) is 1.62. The smallest absolute Gasteiger partial charge is 0.118 e. The lowest BCUT2D eigenvalue weighted by Crippen LogP contribution is -2.30. The van der Waals surface area contributed by atoms with Crippen LogP contribution in [-0.4, -0.2) is 37.1 Å². The molecule has 4 heteroatoms. The van der Waals surface area contributed by atoms with Crippen molar-refractivity contribution in [3.63, 3.8) is 0 Å². The van der Waals surface area contributed by atoms with Gasteiger partial charge in [-0.1, -0.05) is 30.3 Å². The normalized spacial score (nSPS) is 15.0. The molecule has 1 aliphatic heterocycles. The van der Waals surface area contributed by atoms with Crippen molar-refractivity contribution < 1.29 is 4.74 Å². The molecule has 0 atom stereocenters. The van der Waals surface area contributed by atoms with Crippen molar-refractivity contribution in [2.24, 2.45) is 5.92 Å². The third kappa shape index (κ3) is 5.01. The van der Waals surface area contributed by atoms with Gasteiger partial charge in [0, 0.05) is 16.6 Å². The Labute approximate surface area is 196 Å². The van der Waals surface area contributed by atoms with Crippen LogP contribution in [0, 0.1) is 5.92 Å². The van der Waals surface area contributed by atoms with Gasteiger partial charge in [-0.15, -0.1) is 0 Å². The molecule has 33 heavy (non-hydrogen) atoms. The molecule has 1 aliphatic rings. The number of pyridine rings is 1. The standard InChI is InChI=1S/C29H31N3O/c1-32-16-14-21(15-17-32)18-22-6-5-7-24(19-22)30-29-20-28(23-10-12-25(33-2)13-11-23)31-27-9-4-3-8-26(27)29/h3-13,19-21H,14-18H2,1-2H3,(H,30,31). The van der Waals surface area contributed by atoms with Gasteiger partial charge in [0.1, 0.15) is 5.75 Å². The average Bonchev–Trinajstić information content (AvgIpc) is 2.86. The van der Waals surface area contributed by atoms with Gasteiger partial charge in [0.05, 0.1) is 24.0 Å². The third-order valence-corrected chi connectivity index (χ3v) is 6.67. The first-order chi connectivity index (χ1) is 16.2. The lowest BCUT2D eigenvalue weighted by atomic mass is 9.90. The monoisotopic (exact) mass is 437 g/mol. The number of likely N-dealkylation sites (tertiary alicyclic amines) is 1. The first-order valence-electron chi connectivity index (χ1n) is 11.8. The number of hydrogen-bond acceptors (Lipinski definition) is 4. The number of nitrogens with zero attached hydrogens (tertiary/aromatic N) is 2. The van der Waals surface area contributed by atoms with E-state index in [1.165, 1.54) is 31.5 Å². The maximum atomic E-state index is 5.31. The minimum atomic E-state index is 0.778. The number of ether oxygens (including phenoxy) is 1. The van der Waals surface area contributed by atoms with Crippen molar-refractivity contribution in [1.82, 2.24) is 9.88 Å². The summed E-state index contributed by atoms with van der Waals surface area (Å²) in [6.07, 6.45) is 3.72. The summed E-state index contributed by atoms with van der Waals surface area (Å²) in [7, 11) is 3.91. The number of methoxy groups -OCH3 is 1. The van der Waals surface area contributed by atoms with E-state index in [4.69, 9.17) is 9.72 Å². The predicted molar refractivity (Wildman–Crippen MR) is 137 cm³/mol. The maximum absolute atomic E-state index is 5.31. The Hall–Kier alpha value is -3.37. The van der Waals surface area contributed by atoms with Crippen molar-refractivity contribution in [3.05, 3.63) is 84.4 Å². The van der Waals surface area contributed by atoms with Crippen LogP contribution in [0.3, 0.4) is 0 Å². The Morgan fingerprint density at radius 2 is 1.73 bits per heavy atom. The van der Waals surface area contributed by atoms with Crippen LogP contribution in [0.2, 0.25) is 0 Å². The summed E-state index contributed by atoms with van der Waals surface area (Å²) < 4.78 is 5.31. The first kappa shape index (κ1) is 21.5. The van der Waals surface area contributed by atoms with Gasteiger partial charge in [-0.2, -0.15) is 0 Å². The maximum Gasteiger partial charge on any atom is 0.118 e. The fourth-order valence-electron chi connectivity index (χ4n) is 4.72. The molecule has 5 rings (SSSR count). The second kappa shape index (κ2) is 9.63. The Bertz CT molecular complexity index is 1230. The number of fused-ring (bicyclic) bond motifs is 1. The number of rotatable bonds is 6. The van der Waals surface area contributed by atoms with E-state index in [0.717, 1.165) is 51.6 Å². The molecule has 4 nitrogen and oxygen atoms in total. The van der Waals surface area contributed by atoms with Crippen LogP contribution in [0.4, 0.5) is 11.4 Å². The first-order valence-corrected chi connectivity index (χ1v) is 11.8. The van der Waals surface area contributed by atoms with E-state index >= 15 is 0 Å². The quantitative estimate of drug-likeness (QED) is 0.372. The molecular weight excluding hydrogens is 406 g/mol. The highest BCUT2D eigenvalue weighted by Gasteiger charge is 2.17. The van der Waals surface area contributed by atoms with Gasteiger partial charge in [-0.3, -0.25) is 0 Å². The highest BCUT2D eigenvalue weighted by molar-refractivity contribution is 5.95. The van der Waals surface area contributed by atoms with Crippen LogP contribution < -0.4 is 10.1 Å². The fraction of sp³-hybridized carbons (Fsp3) is 0.276. The molecule has 0 spiro atoms. The van der Waals surface area contributed by atoms with Gasteiger partial charge >= 0.3 is 0 Å². The Morgan fingerprint density at radius 3 is 2.52 bits per heavy atom. The zero-order valence-electron chi connectivity index (χ0n) is 19.4. The molecule has 0 saturated carbocycles. The van der Waals surface area contributed by atoms with E-state index < -0.39 is 0 Å². The van der Waals surface area contributed by atoms with E-state index in [9.17, 15) is 0 Å². The van der Waals surface area contributed by atoms with E-state index in [1.54, 1.807) is 7.11 Å². The van der Waals surface area contributed by atoms with Crippen molar-refractivity contribution >= 4 is 22.3 Å². The topological polar surface area (TPSA) is 37.4 Å². The van der Waals surface area contributed by atoms with Crippen molar-refractivity contribution in [2.75, 3.05) is 32.6 Å². The van der Waals surface area contributed by atoms with E-state index in [1.807, 2.05) is 18.2 Å². The van der Waals surface area contributed by atoms with E-state index in [2.05, 4.69) is 77.9 Å². The average molecular weight is 438 g/mol. The number of aromatic nitrogens is 1. The molecule has 1 aromatic heterocycles. The summed E-state index contributed by atoms with van der Waals surface area (Å²) >= 11 is 0. The zero-order chi connectivity index (χ0) is 22.6. The van der Waals surface area contributed by atoms with Gasteiger partial charge in [-0.25, -0.2) is 4.98 Å². The van der Waals surface area contributed by atoms with Crippen molar-refractivity contribution in [1.29, 1.82) is 0 Å². The lowest BCUT2D eigenvalue weighted by molar-refractivity contribution is 0.219. The SMILES string of the molecule is COc1ccc(-c2cc(Nc3cccc(CC4CCN(C)CC4)c3)c3ccccc3n2)cc1. The van der Waals surface area contributed by atoms with Crippen LogP contribution in [-0.2, 0) is 6.42 Å². The molecule has 168 valence electrons. The molecule has 4 aromatic rings. The molecule has 0 aliphatic carbocycles. The number of para-hydroxylation sites is 1. The summed E-state index contributed by atoms with van der Waals surface area (Å²) in [6, 6.07) is 27.4. The second-order valence-electron chi connectivity index (χ2n) is 9.08. The van der Waals surface area contributed by atoms with E-state index in [-0.39, 0.29) is 0 Å².